The second kappa shape index (κ2) is 12.9. The number of benzene rings is 3. The van der Waals surface area contributed by atoms with Crippen molar-refractivity contribution in [3.8, 4) is 5.75 Å². The van der Waals surface area contributed by atoms with E-state index in [2.05, 4.69) is 15.3 Å². The van der Waals surface area contributed by atoms with Gasteiger partial charge in [0, 0.05) is 23.6 Å². The highest BCUT2D eigenvalue weighted by Crippen LogP contribution is 2.27. The summed E-state index contributed by atoms with van der Waals surface area (Å²) in [5.41, 5.74) is 3.94. The summed E-state index contributed by atoms with van der Waals surface area (Å²) < 4.78 is 5.23. The molecule has 1 heterocycles. The van der Waals surface area contributed by atoms with Crippen LogP contribution in [0.2, 0.25) is 0 Å². The Morgan fingerprint density at radius 1 is 0.895 bits per heavy atom. The zero-order valence-electron chi connectivity index (χ0n) is 21.6. The smallest absolute Gasteiger partial charge is 0.251 e. The second-order valence-electron chi connectivity index (χ2n) is 8.76. The number of methoxy groups -OCH3 is 1. The van der Waals surface area contributed by atoms with Crippen LogP contribution in [0.3, 0.4) is 0 Å². The maximum atomic E-state index is 13.8. The third-order valence-electron chi connectivity index (χ3n) is 5.84. The Balaban J connectivity index is 1.65. The molecule has 1 N–H and O–H groups in total. The number of amides is 2. The summed E-state index contributed by atoms with van der Waals surface area (Å²) in [6.07, 6.45) is 0. The molecule has 194 valence electrons. The predicted octanol–water partition coefficient (Wildman–Crippen LogP) is 5.60. The van der Waals surface area contributed by atoms with E-state index < -0.39 is 6.04 Å². The Morgan fingerprint density at radius 3 is 2.11 bits per heavy atom. The van der Waals surface area contributed by atoms with Crippen molar-refractivity contribution in [2.45, 2.75) is 31.6 Å². The average Bonchev–Trinajstić information content (AvgIpc) is 2.92. The van der Waals surface area contributed by atoms with Gasteiger partial charge in [-0.15, -0.1) is 0 Å². The first-order valence-electron chi connectivity index (χ1n) is 12.2. The van der Waals surface area contributed by atoms with Crippen LogP contribution in [-0.4, -0.2) is 39.5 Å². The van der Waals surface area contributed by atoms with Crippen molar-refractivity contribution < 1.29 is 14.3 Å². The number of nitrogens with one attached hydrogen (secondary N) is 1. The van der Waals surface area contributed by atoms with Crippen molar-refractivity contribution in [2.75, 3.05) is 18.2 Å². The standard InChI is InChI=1S/C30H30N4O3S/c1-21-18-22(2)32-30(31-21)38-20-27(35)34(19-23-10-6-4-7-11-23)28(24-12-8-5-9-13-24)29(36)33-25-14-16-26(37-3)17-15-25/h4-18,28H,19-20H2,1-3H3,(H,33,36)/t28-/m0/s1. The third kappa shape index (κ3) is 7.20. The summed E-state index contributed by atoms with van der Waals surface area (Å²) in [5.74, 6) is 0.280. The highest BCUT2D eigenvalue weighted by molar-refractivity contribution is 7.99. The van der Waals surface area contributed by atoms with E-state index in [1.54, 1.807) is 36.3 Å². The number of ether oxygens (including phenoxy) is 1. The molecule has 1 atom stereocenters. The first-order chi connectivity index (χ1) is 18.4. The molecule has 0 aliphatic rings. The molecule has 0 unspecified atom stereocenters. The summed E-state index contributed by atoms with van der Waals surface area (Å²) in [6, 6.07) is 27.2. The molecule has 0 saturated carbocycles. The number of aryl methyl sites for hydroxylation is 2. The number of carbonyl (C=O) groups excluding carboxylic acids is 2. The molecule has 0 aliphatic carbocycles. The molecule has 0 aliphatic heterocycles. The molecule has 4 rings (SSSR count). The summed E-state index contributed by atoms with van der Waals surface area (Å²) in [4.78, 5) is 38.1. The zero-order chi connectivity index (χ0) is 26.9. The van der Waals surface area contributed by atoms with Crippen molar-refractivity contribution in [1.29, 1.82) is 0 Å². The number of aromatic nitrogens is 2. The highest BCUT2D eigenvalue weighted by atomic mass is 32.2. The van der Waals surface area contributed by atoms with Gasteiger partial charge in [0.2, 0.25) is 5.91 Å². The molecule has 8 heteroatoms. The van der Waals surface area contributed by atoms with Crippen LogP contribution in [0.15, 0.2) is 96.2 Å². The topological polar surface area (TPSA) is 84.4 Å². The van der Waals surface area contributed by atoms with E-state index >= 15 is 0 Å². The van der Waals surface area contributed by atoms with Gasteiger partial charge in [-0.3, -0.25) is 9.59 Å². The van der Waals surface area contributed by atoms with Crippen LogP contribution in [0.1, 0.15) is 28.6 Å². The Morgan fingerprint density at radius 2 is 1.50 bits per heavy atom. The molecule has 1 aromatic heterocycles. The molecular formula is C30H30N4O3S. The SMILES string of the molecule is COc1ccc(NC(=O)[C@H](c2ccccc2)N(Cc2ccccc2)C(=O)CSc2nc(C)cc(C)n2)cc1. The summed E-state index contributed by atoms with van der Waals surface area (Å²) >= 11 is 1.27. The van der Waals surface area contributed by atoms with E-state index in [-0.39, 0.29) is 24.1 Å². The minimum Gasteiger partial charge on any atom is -0.497 e. The lowest BCUT2D eigenvalue weighted by Crippen LogP contribution is -2.41. The van der Waals surface area contributed by atoms with Crippen molar-refractivity contribution in [3.05, 3.63) is 114 Å². The summed E-state index contributed by atoms with van der Waals surface area (Å²) in [5, 5.41) is 3.52. The molecule has 0 spiro atoms. The van der Waals surface area contributed by atoms with Gasteiger partial charge >= 0.3 is 0 Å². The molecule has 0 radical (unpaired) electrons. The average molecular weight is 527 g/mol. The fraction of sp³-hybridized carbons (Fsp3) is 0.200. The van der Waals surface area contributed by atoms with Crippen molar-refractivity contribution >= 4 is 29.3 Å². The highest BCUT2D eigenvalue weighted by Gasteiger charge is 2.32. The molecule has 0 bridgehead atoms. The number of anilines is 1. The van der Waals surface area contributed by atoms with Gasteiger partial charge in [0.1, 0.15) is 11.8 Å². The lowest BCUT2D eigenvalue weighted by atomic mass is 10.0. The Bertz CT molecular complexity index is 1350. The number of carbonyl (C=O) groups is 2. The maximum Gasteiger partial charge on any atom is 0.251 e. The molecule has 2 amide bonds. The Labute approximate surface area is 227 Å². The van der Waals surface area contributed by atoms with Gasteiger partial charge in [0.05, 0.1) is 12.9 Å². The molecule has 38 heavy (non-hydrogen) atoms. The van der Waals surface area contributed by atoms with Gasteiger partial charge in [-0.1, -0.05) is 72.4 Å². The van der Waals surface area contributed by atoms with Crippen LogP contribution in [0.25, 0.3) is 0 Å². The molecule has 7 nitrogen and oxygen atoms in total. The summed E-state index contributed by atoms with van der Waals surface area (Å²) in [6.45, 7) is 4.07. The zero-order valence-corrected chi connectivity index (χ0v) is 22.4. The Kier molecular flexibility index (Phi) is 9.11. The largest absolute Gasteiger partial charge is 0.497 e. The van der Waals surface area contributed by atoms with E-state index in [4.69, 9.17) is 4.74 Å². The fourth-order valence-electron chi connectivity index (χ4n) is 4.06. The van der Waals surface area contributed by atoms with Gasteiger partial charge < -0.3 is 15.0 Å². The van der Waals surface area contributed by atoms with Gasteiger partial charge in [-0.25, -0.2) is 9.97 Å². The van der Waals surface area contributed by atoms with E-state index in [0.717, 1.165) is 22.5 Å². The summed E-state index contributed by atoms with van der Waals surface area (Å²) in [7, 11) is 1.59. The molecule has 0 saturated heterocycles. The first-order valence-corrected chi connectivity index (χ1v) is 13.2. The monoisotopic (exact) mass is 526 g/mol. The van der Waals surface area contributed by atoms with Crippen molar-refractivity contribution in [1.82, 2.24) is 14.9 Å². The van der Waals surface area contributed by atoms with Crippen molar-refractivity contribution in [3.63, 3.8) is 0 Å². The maximum absolute atomic E-state index is 13.8. The van der Waals surface area contributed by atoms with Crippen LogP contribution in [0, 0.1) is 13.8 Å². The number of thioether (sulfide) groups is 1. The van der Waals surface area contributed by atoms with Crippen molar-refractivity contribution in [2.24, 2.45) is 0 Å². The van der Waals surface area contributed by atoms with Crippen LogP contribution in [0.5, 0.6) is 5.75 Å². The quantitative estimate of drug-likeness (QED) is 0.214. The van der Waals surface area contributed by atoms with Gasteiger partial charge in [0.15, 0.2) is 5.16 Å². The molecule has 0 fully saturated rings. The lowest BCUT2D eigenvalue weighted by molar-refractivity contribution is -0.137. The van der Waals surface area contributed by atoms with Gasteiger partial charge in [0.25, 0.3) is 5.91 Å². The number of hydrogen-bond donors (Lipinski definition) is 1. The van der Waals surface area contributed by atoms with Crippen LogP contribution >= 0.6 is 11.8 Å². The van der Waals surface area contributed by atoms with Gasteiger partial charge in [-0.05, 0) is 55.3 Å². The first kappa shape index (κ1) is 26.9. The fourth-order valence-corrected chi connectivity index (χ4v) is 4.90. The van der Waals surface area contributed by atoms with E-state index in [1.165, 1.54) is 11.8 Å². The van der Waals surface area contributed by atoms with E-state index in [1.807, 2.05) is 80.6 Å². The minimum absolute atomic E-state index is 0.0921. The second-order valence-corrected chi connectivity index (χ2v) is 9.70. The molecular weight excluding hydrogens is 496 g/mol. The number of nitrogens with zero attached hydrogens (tertiary/aromatic N) is 3. The normalized spacial score (nSPS) is 11.4. The number of hydrogen-bond acceptors (Lipinski definition) is 6. The number of rotatable bonds is 10. The van der Waals surface area contributed by atoms with Crippen LogP contribution in [0.4, 0.5) is 5.69 Å². The molecule has 4 aromatic rings. The molecule has 3 aromatic carbocycles. The van der Waals surface area contributed by atoms with Crippen LogP contribution < -0.4 is 10.1 Å². The third-order valence-corrected chi connectivity index (χ3v) is 6.67. The Hall–Kier alpha value is -4.17. The van der Waals surface area contributed by atoms with Gasteiger partial charge in [-0.2, -0.15) is 0 Å². The van der Waals surface area contributed by atoms with E-state index in [0.29, 0.717) is 16.6 Å². The minimum atomic E-state index is -0.855. The van der Waals surface area contributed by atoms with E-state index in [9.17, 15) is 9.59 Å². The van der Waals surface area contributed by atoms with Crippen LogP contribution in [-0.2, 0) is 16.1 Å². The lowest BCUT2D eigenvalue weighted by Gasteiger charge is -2.31. The predicted molar refractivity (Wildman–Crippen MR) is 150 cm³/mol.